The Kier molecular flexibility index (Phi) is 3.51. The minimum absolute atomic E-state index is 0.446. The second-order valence-electron chi connectivity index (χ2n) is 5.71. The zero-order valence-corrected chi connectivity index (χ0v) is 12.3. The van der Waals surface area contributed by atoms with Crippen LogP contribution in [0.15, 0.2) is 42.6 Å². The summed E-state index contributed by atoms with van der Waals surface area (Å²) in [6.07, 6.45) is 1.45. The number of nitrogens with one attached hydrogen (secondary N) is 1. The van der Waals surface area contributed by atoms with Crippen molar-refractivity contribution >= 4 is 17.2 Å². The Bertz CT molecular complexity index is 690. The van der Waals surface area contributed by atoms with Crippen LogP contribution < -0.4 is 19.8 Å². The van der Waals surface area contributed by atoms with Gasteiger partial charge >= 0.3 is 0 Å². The minimum atomic E-state index is -0.446. The van der Waals surface area contributed by atoms with Gasteiger partial charge in [-0.25, -0.2) is 20.4 Å². The van der Waals surface area contributed by atoms with E-state index in [9.17, 15) is 5.21 Å². The van der Waals surface area contributed by atoms with Gasteiger partial charge in [-0.2, -0.15) is 0 Å². The maximum atomic E-state index is 12.1. The summed E-state index contributed by atoms with van der Waals surface area (Å²) in [7, 11) is 0. The fourth-order valence-corrected chi connectivity index (χ4v) is 2.56. The number of nitrogens with zero attached hydrogens (tertiary/aromatic N) is 2. The summed E-state index contributed by atoms with van der Waals surface area (Å²) in [5.41, 5.74) is 3.17. The Morgan fingerprint density at radius 2 is 2.18 bits per heavy atom. The quantitative estimate of drug-likeness (QED) is 0.392. The smallest absolute Gasteiger partial charge is 0.285 e. The van der Waals surface area contributed by atoms with Crippen molar-refractivity contribution in [1.82, 2.24) is 0 Å². The molecule has 1 aliphatic heterocycles. The molecule has 22 heavy (non-hydrogen) atoms. The van der Waals surface area contributed by atoms with Gasteiger partial charge in [-0.15, -0.1) is 4.99 Å². The van der Waals surface area contributed by atoms with Crippen molar-refractivity contribution in [2.45, 2.75) is 19.4 Å². The molecule has 7 nitrogen and oxygen atoms in total. The summed E-state index contributed by atoms with van der Waals surface area (Å²) in [5, 5.41) is 20.6. The topological polar surface area (TPSA) is 80.9 Å². The van der Waals surface area contributed by atoms with E-state index in [0.29, 0.717) is 23.8 Å². The highest BCUT2D eigenvalue weighted by Crippen LogP contribution is 2.41. The van der Waals surface area contributed by atoms with Crippen molar-refractivity contribution in [2.75, 3.05) is 16.9 Å². The molecule has 3 rings (SSSR count). The van der Waals surface area contributed by atoms with Crippen molar-refractivity contribution < 1.29 is 19.7 Å². The van der Waals surface area contributed by atoms with E-state index in [1.165, 1.54) is 6.20 Å². The highest BCUT2D eigenvalue weighted by atomic mass is 17.2. The van der Waals surface area contributed by atoms with Gasteiger partial charge in [-0.1, -0.05) is 6.07 Å². The van der Waals surface area contributed by atoms with Crippen molar-refractivity contribution in [2.24, 2.45) is 0 Å². The SMILES string of the molecule is CC1(C)CN(c2cccc[n+]2[O-])c2cc(NOO)ccc2O1. The Labute approximate surface area is 127 Å². The van der Waals surface area contributed by atoms with Gasteiger partial charge < -0.3 is 9.94 Å². The van der Waals surface area contributed by atoms with Gasteiger partial charge in [0, 0.05) is 12.1 Å². The van der Waals surface area contributed by atoms with Gasteiger partial charge in [0.1, 0.15) is 12.1 Å². The minimum Gasteiger partial charge on any atom is -0.711 e. The first-order valence-electron chi connectivity index (χ1n) is 6.85. The molecule has 0 unspecified atom stereocenters. The Morgan fingerprint density at radius 3 is 2.91 bits per heavy atom. The maximum absolute atomic E-state index is 12.1. The van der Waals surface area contributed by atoms with Gasteiger partial charge in [0.05, 0.1) is 11.9 Å². The van der Waals surface area contributed by atoms with E-state index in [2.05, 4.69) is 10.5 Å². The maximum Gasteiger partial charge on any atom is 0.285 e. The Balaban J connectivity index is 2.11. The number of ether oxygens (including phenoxy) is 1. The molecule has 2 aromatic rings. The largest absolute Gasteiger partial charge is 0.711 e. The van der Waals surface area contributed by atoms with E-state index >= 15 is 0 Å². The molecule has 2 N–H and O–H groups in total. The molecular formula is C15H17N3O4. The van der Waals surface area contributed by atoms with Crippen LogP contribution in [0.4, 0.5) is 17.2 Å². The molecule has 2 heterocycles. The van der Waals surface area contributed by atoms with Crippen LogP contribution in [0, 0.1) is 5.21 Å². The third-order valence-electron chi connectivity index (χ3n) is 3.42. The average Bonchev–Trinajstić information content (AvgIpc) is 2.47. The number of rotatable bonds is 3. The number of hydrogen-bond donors (Lipinski definition) is 2. The standard InChI is InChI=1S/C15H17N3O4/c1-15(2)10-17(14-5-3-4-8-18(14)19)12-9-11(16-22-20)6-7-13(12)21-15/h3-9,16,20H,10H2,1-2H3. The molecule has 0 saturated carbocycles. The van der Waals surface area contributed by atoms with Gasteiger partial charge in [0.2, 0.25) is 0 Å². The van der Waals surface area contributed by atoms with E-state index in [4.69, 9.17) is 9.99 Å². The zero-order chi connectivity index (χ0) is 15.7. The van der Waals surface area contributed by atoms with Crippen LogP contribution in [-0.4, -0.2) is 17.4 Å². The molecule has 0 radical (unpaired) electrons. The third kappa shape index (κ3) is 2.63. The van der Waals surface area contributed by atoms with Crippen LogP contribution >= 0.6 is 0 Å². The fraction of sp³-hybridized carbons (Fsp3) is 0.267. The summed E-state index contributed by atoms with van der Waals surface area (Å²) in [6, 6.07) is 10.5. The number of pyridine rings is 1. The van der Waals surface area contributed by atoms with Gasteiger partial charge in [-0.05, 0) is 32.0 Å². The number of anilines is 3. The average molecular weight is 303 g/mol. The summed E-state index contributed by atoms with van der Waals surface area (Å²) >= 11 is 0. The van der Waals surface area contributed by atoms with Crippen LogP contribution in [-0.2, 0) is 4.99 Å². The van der Waals surface area contributed by atoms with Gasteiger partial charge in [0.15, 0.2) is 11.4 Å². The highest BCUT2D eigenvalue weighted by Gasteiger charge is 2.38. The lowest BCUT2D eigenvalue weighted by molar-refractivity contribution is -0.592. The van der Waals surface area contributed by atoms with Crippen molar-refractivity contribution in [3.63, 3.8) is 0 Å². The molecule has 116 valence electrons. The molecule has 0 saturated heterocycles. The fourth-order valence-electron chi connectivity index (χ4n) is 2.56. The van der Waals surface area contributed by atoms with Crippen molar-refractivity contribution in [1.29, 1.82) is 0 Å². The van der Waals surface area contributed by atoms with Gasteiger partial charge in [0.25, 0.3) is 5.82 Å². The Hall–Kier alpha value is -2.51. The van der Waals surface area contributed by atoms with Crippen molar-refractivity contribution in [3.8, 4) is 5.75 Å². The predicted octanol–water partition coefficient (Wildman–Crippen LogP) is 2.45. The Morgan fingerprint density at radius 1 is 1.36 bits per heavy atom. The van der Waals surface area contributed by atoms with Crippen LogP contribution in [0.5, 0.6) is 5.75 Å². The number of hydrogen-bond acceptors (Lipinski definition) is 6. The molecule has 0 atom stereocenters. The van der Waals surface area contributed by atoms with Crippen LogP contribution in [0.3, 0.4) is 0 Å². The summed E-state index contributed by atoms with van der Waals surface area (Å²) in [5.74, 6) is 1.16. The normalized spacial score (nSPS) is 15.9. The number of benzene rings is 1. The molecule has 0 bridgehead atoms. The molecule has 0 fully saturated rings. The summed E-state index contributed by atoms with van der Waals surface area (Å²) < 4.78 is 6.77. The molecule has 1 aromatic carbocycles. The van der Waals surface area contributed by atoms with Crippen LogP contribution in [0.2, 0.25) is 0 Å². The predicted molar refractivity (Wildman–Crippen MR) is 80.9 cm³/mol. The van der Waals surface area contributed by atoms with E-state index < -0.39 is 5.60 Å². The molecule has 0 aliphatic carbocycles. The molecule has 1 aromatic heterocycles. The summed E-state index contributed by atoms with van der Waals surface area (Å²) in [6.45, 7) is 4.43. The lowest BCUT2D eigenvalue weighted by atomic mass is 10.0. The van der Waals surface area contributed by atoms with Crippen LogP contribution in [0.1, 0.15) is 13.8 Å². The van der Waals surface area contributed by atoms with E-state index in [-0.39, 0.29) is 0 Å². The van der Waals surface area contributed by atoms with Gasteiger partial charge in [-0.3, -0.25) is 0 Å². The monoisotopic (exact) mass is 303 g/mol. The van der Waals surface area contributed by atoms with Crippen molar-refractivity contribution in [3.05, 3.63) is 47.8 Å². The first kappa shape index (κ1) is 14.4. The second kappa shape index (κ2) is 5.36. The second-order valence-corrected chi connectivity index (χ2v) is 5.71. The first-order valence-corrected chi connectivity index (χ1v) is 6.85. The first-order chi connectivity index (χ1) is 10.5. The lowest BCUT2D eigenvalue weighted by Gasteiger charge is -2.36. The molecule has 0 amide bonds. The molecule has 1 aliphatic rings. The molecule has 0 spiro atoms. The third-order valence-corrected chi connectivity index (χ3v) is 3.42. The number of fused-ring (bicyclic) bond motifs is 1. The van der Waals surface area contributed by atoms with Crippen LogP contribution in [0.25, 0.3) is 0 Å². The molecular weight excluding hydrogens is 286 g/mol. The van der Waals surface area contributed by atoms with E-state index in [1.807, 2.05) is 24.8 Å². The van der Waals surface area contributed by atoms with E-state index in [0.717, 1.165) is 10.4 Å². The highest BCUT2D eigenvalue weighted by molar-refractivity contribution is 5.72. The lowest BCUT2D eigenvalue weighted by Crippen LogP contribution is -2.48. The zero-order valence-electron chi connectivity index (χ0n) is 12.3. The van der Waals surface area contributed by atoms with E-state index in [1.54, 1.807) is 30.3 Å². The number of aromatic nitrogens is 1. The molecule has 7 heteroatoms. The summed E-state index contributed by atoms with van der Waals surface area (Å²) in [4.78, 5) is 5.83.